The Morgan fingerprint density at radius 2 is 2.00 bits per heavy atom. The highest BCUT2D eigenvalue weighted by atomic mass is 79.9. The number of hydrogen-bond acceptors (Lipinski definition) is 1. The van der Waals surface area contributed by atoms with E-state index in [1.807, 2.05) is 49.2 Å². The van der Waals surface area contributed by atoms with Crippen LogP contribution in [0.5, 0.6) is 5.75 Å². The van der Waals surface area contributed by atoms with Crippen molar-refractivity contribution in [1.29, 1.82) is 0 Å². The smallest absolute Gasteiger partial charge is 0.126 e. The quantitative estimate of drug-likeness (QED) is 0.781. The average molecular weight is 241 g/mol. The first-order valence-corrected chi connectivity index (χ1v) is 5.18. The normalized spacial score (nSPS) is 11.1. The fourth-order valence-electron chi connectivity index (χ4n) is 1.05. The maximum Gasteiger partial charge on any atom is 0.126 e. The lowest BCUT2D eigenvalue weighted by molar-refractivity contribution is 0.242. The molecule has 1 nitrogen and oxygen atoms in total. The lowest BCUT2D eigenvalue weighted by Gasteiger charge is -2.11. The van der Waals surface area contributed by atoms with Crippen molar-refractivity contribution >= 4 is 22.0 Å². The van der Waals surface area contributed by atoms with Crippen molar-refractivity contribution in [2.75, 3.05) is 0 Å². The van der Waals surface area contributed by atoms with Gasteiger partial charge in [-0.1, -0.05) is 34.1 Å². The van der Waals surface area contributed by atoms with Crippen molar-refractivity contribution in [3.63, 3.8) is 0 Å². The molecule has 0 heterocycles. The van der Waals surface area contributed by atoms with E-state index in [9.17, 15) is 0 Å². The molecule has 0 aliphatic heterocycles. The Bertz CT molecular complexity index is 292. The molecule has 0 bridgehead atoms. The number of halogens is 1. The van der Waals surface area contributed by atoms with Crippen LogP contribution in [0, 0.1) is 0 Å². The van der Waals surface area contributed by atoms with Crippen molar-refractivity contribution in [3.8, 4) is 5.75 Å². The van der Waals surface area contributed by atoms with Gasteiger partial charge in [-0.15, -0.1) is 0 Å². The molecule has 13 heavy (non-hydrogen) atoms. The van der Waals surface area contributed by atoms with Crippen LogP contribution in [0.2, 0.25) is 0 Å². The lowest BCUT2D eigenvalue weighted by Crippen LogP contribution is -2.06. The van der Waals surface area contributed by atoms with Crippen LogP contribution in [0.15, 0.2) is 29.3 Å². The van der Waals surface area contributed by atoms with E-state index in [0.29, 0.717) is 0 Å². The summed E-state index contributed by atoms with van der Waals surface area (Å²) in [5, 5.41) is 0. The number of rotatable bonds is 3. The monoisotopic (exact) mass is 240 g/mol. The summed E-state index contributed by atoms with van der Waals surface area (Å²) in [5.41, 5.74) is 1.09. The second-order valence-corrected chi connectivity index (χ2v) is 3.53. The van der Waals surface area contributed by atoms with E-state index in [1.54, 1.807) is 0 Å². The topological polar surface area (TPSA) is 9.23 Å². The van der Waals surface area contributed by atoms with Crippen molar-refractivity contribution in [2.45, 2.75) is 20.0 Å². The predicted octanol–water partition coefficient (Wildman–Crippen LogP) is 3.84. The summed E-state index contributed by atoms with van der Waals surface area (Å²) in [6.07, 6.45) is 2.18. The molecule has 1 rings (SSSR count). The number of para-hydroxylation sites is 1. The van der Waals surface area contributed by atoms with Gasteiger partial charge in [0.05, 0.1) is 6.10 Å². The van der Waals surface area contributed by atoms with Crippen molar-refractivity contribution in [3.05, 3.63) is 34.8 Å². The van der Waals surface area contributed by atoms with Crippen molar-refractivity contribution < 1.29 is 4.74 Å². The van der Waals surface area contributed by atoms with E-state index < -0.39 is 0 Å². The zero-order chi connectivity index (χ0) is 9.68. The highest BCUT2D eigenvalue weighted by Crippen LogP contribution is 2.20. The Hall–Kier alpha value is -0.760. The zero-order valence-electron chi connectivity index (χ0n) is 7.83. The largest absolute Gasteiger partial charge is 0.490 e. The number of benzene rings is 1. The summed E-state index contributed by atoms with van der Waals surface area (Å²) >= 11 is 3.25. The predicted molar refractivity (Wildman–Crippen MR) is 60.2 cm³/mol. The second-order valence-electron chi connectivity index (χ2n) is 3.00. The van der Waals surface area contributed by atoms with E-state index in [1.165, 1.54) is 0 Å². The Balaban J connectivity index is 2.90. The Labute approximate surface area is 87.5 Å². The highest BCUT2D eigenvalue weighted by molar-refractivity contribution is 9.11. The van der Waals surface area contributed by atoms with Gasteiger partial charge in [-0.2, -0.15) is 0 Å². The molecule has 0 radical (unpaired) electrons. The van der Waals surface area contributed by atoms with Gasteiger partial charge in [-0.05, 0) is 31.0 Å². The summed E-state index contributed by atoms with van der Waals surface area (Å²) in [5.74, 6) is 0.924. The molecule has 70 valence electrons. The third-order valence-electron chi connectivity index (χ3n) is 1.52. The molecule has 0 N–H and O–H groups in total. The van der Waals surface area contributed by atoms with E-state index >= 15 is 0 Å². The molecule has 0 aliphatic rings. The molecule has 0 atom stereocenters. The van der Waals surface area contributed by atoms with Crippen LogP contribution in [-0.4, -0.2) is 6.10 Å². The van der Waals surface area contributed by atoms with Gasteiger partial charge in [0.1, 0.15) is 5.75 Å². The molecule has 1 aromatic rings. The SMILES string of the molecule is CC(C)Oc1ccccc1/C=C/Br. The van der Waals surface area contributed by atoms with Gasteiger partial charge in [-0.3, -0.25) is 0 Å². The molecular weight excluding hydrogens is 228 g/mol. The summed E-state index contributed by atoms with van der Waals surface area (Å²) in [6.45, 7) is 4.04. The van der Waals surface area contributed by atoms with Gasteiger partial charge in [0.2, 0.25) is 0 Å². The Morgan fingerprint density at radius 3 is 2.62 bits per heavy atom. The van der Waals surface area contributed by atoms with Gasteiger partial charge in [-0.25, -0.2) is 0 Å². The van der Waals surface area contributed by atoms with Gasteiger partial charge >= 0.3 is 0 Å². The van der Waals surface area contributed by atoms with E-state index in [4.69, 9.17) is 4.74 Å². The average Bonchev–Trinajstić information content (AvgIpc) is 2.08. The first kappa shape index (κ1) is 10.3. The summed E-state index contributed by atoms with van der Waals surface area (Å²) in [6, 6.07) is 7.97. The number of hydrogen-bond donors (Lipinski definition) is 0. The molecule has 2 heteroatoms. The standard InChI is InChI=1S/C11H13BrO/c1-9(2)13-11-6-4-3-5-10(11)7-8-12/h3-9H,1-2H3/b8-7+. The molecule has 1 aromatic carbocycles. The van der Waals surface area contributed by atoms with Crippen LogP contribution in [0.25, 0.3) is 6.08 Å². The van der Waals surface area contributed by atoms with E-state index in [2.05, 4.69) is 15.9 Å². The minimum absolute atomic E-state index is 0.213. The minimum Gasteiger partial charge on any atom is -0.490 e. The third-order valence-corrected chi connectivity index (χ3v) is 1.79. The second kappa shape index (κ2) is 5.07. The first-order valence-electron chi connectivity index (χ1n) is 4.26. The van der Waals surface area contributed by atoms with Gasteiger partial charge < -0.3 is 4.74 Å². The minimum atomic E-state index is 0.213. The number of ether oxygens (including phenoxy) is 1. The molecule has 0 aromatic heterocycles. The maximum atomic E-state index is 5.63. The third kappa shape index (κ3) is 3.23. The van der Waals surface area contributed by atoms with Crippen molar-refractivity contribution in [1.82, 2.24) is 0 Å². The van der Waals surface area contributed by atoms with E-state index in [-0.39, 0.29) is 6.10 Å². The van der Waals surface area contributed by atoms with Crippen molar-refractivity contribution in [2.24, 2.45) is 0 Å². The van der Waals surface area contributed by atoms with Crippen LogP contribution in [-0.2, 0) is 0 Å². The van der Waals surface area contributed by atoms with Gasteiger partial charge in [0, 0.05) is 5.56 Å². The molecule has 0 unspecified atom stereocenters. The first-order chi connectivity index (χ1) is 6.24. The van der Waals surface area contributed by atoms with Crippen LogP contribution < -0.4 is 4.74 Å². The van der Waals surface area contributed by atoms with Gasteiger partial charge in [0.15, 0.2) is 0 Å². The van der Waals surface area contributed by atoms with Gasteiger partial charge in [0.25, 0.3) is 0 Å². The Morgan fingerprint density at radius 1 is 1.31 bits per heavy atom. The van der Waals surface area contributed by atoms with E-state index in [0.717, 1.165) is 11.3 Å². The molecule has 0 spiro atoms. The fourth-order valence-corrected chi connectivity index (χ4v) is 1.33. The molecule has 0 saturated carbocycles. The zero-order valence-corrected chi connectivity index (χ0v) is 9.41. The summed E-state index contributed by atoms with van der Waals surface area (Å²) in [4.78, 5) is 1.83. The van der Waals surface area contributed by atoms with Crippen LogP contribution >= 0.6 is 15.9 Å². The van der Waals surface area contributed by atoms with Crippen LogP contribution in [0.3, 0.4) is 0 Å². The molecule has 0 saturated heterocycles. The lowest BCUT2D eigenvalue weighted by atomic mass is 10.2. The Kier molecular flexibility index (Phi) is 4.03. The summed E-state index contributed by atoms with van der Waals surface area (Å²) in [7, 11) is 0. The molecule has 0 fully saturated rings. The maximum absolute atomic E-state index is 5.63. The van der Waals surface area contributed by atoms with Crippen LogP contribution in [0.1, 0.15) is 19.4 Å². The molecule has 0 amide bonds. The highest BCUT2D eigenvalue weighted by Gasteiger charge is 2.00. The molecule has 0 aliphatic carbocycles. The molecular formula is C11H13BrO. The fraction of sp³-hybridized carbons (Fsp3) is 0.273. The van der Waals surface area contributed by atoms with Crippen LogP contribution in [0.4, 0.5) is 0 Å². The summed E-state index contributed by atoms with van der Waals surface area (Å²) < 4.78 is 5.63.